The molecule has 0 spiro atoms. The quantitative estimate of drug-likeness (QED) is 0.532. The van der Waals surface area contributed by atoms with Crippen LogP contribution < -0.4 is 4.74 Å². The minimum absolute atomic E-state index is 0.139. The second-order valence-electron chi connectivity index (χ2n) is 3.83. The molecule has 0 radical (unpaired) electrons. The lowest BCUT2D eigenvalue weighted by atomic mass is 10.2. The van der Waals surface area contributed by atoms with Gasteiger partial charge in [0.15, 0.2) is 0 Å². The topological polar surface area (TPSA) is 46.5 Å². The number of benzene rings is 2. The highest BCUT2D eigenvalue weighted by Crippen LogP contribution is 2.32. The third-order valence-corrected chi connectivity index (χ3v) is 2.49. The zero-order chi connectivity index (χ0) is 15.7. The van der Waals surface area contributed by atoms with Gasteiger partial charge in [-0.05, 0) is 24.3 Å². The van der Waals surface area contributed by atoms with Crippen LogP contribution in [0, 0.1) is 29.1 Å². The fourth-order valence-electron chi connectivity index (χ4n) is 1.46. The third-order valence-electron chi connectivity index (χ3n) is 2.49. The van der Waals surface area contributed by atoms with E-state index in [0.717, 1.165) is 24.3 Å². The molecule has 110 valence electrons. The Kier molecular flexibility index (Phi) is 3.79. The highest BCUT2D eigenvalue weighted by atomic mass is 19.2. The van der Waals surface area contributed by atoms with Crippen molar-refractivity contribution in [1.82, 2.24) is 0 Å². The summed E-state index contributed by atoms with van der Waals surface area (Å²) in [6, 6.07) is 4.12. The number of ether oxygens (including phenoxy) is 1. The molecule has 0 saturated carbocycles. The lowest BCUT2D eigenvalue weighted by Gasteiger charge is -2.10. The van der Waals surface area contributed by atoms with Gasteiger partial charge in [-0.25, -0.2) is 18.0 Å². The molecule has 2 aromatic rings. The molecule has 0 amide bonds. The Balaban J connectivity index is 2.42. The van der Waals surface area contributed by atoms with Gasteiger partial charge in [0.2, 0.25) is 34.8 Å². The summed E-state index contributed by atoms with van der Waals surface area (Å²) in [4.78, 5) is 10.6. The number of carboxylic acids is 1. The van der Waals surface area contributed by atoms with E-state index < -0.39 is 40.8 Å². The molecule has 0 aliphatic rings. The van der Waals surface area contributed by atoms with Crippen LogP contribution in [0.25, 0.3) is 0 Å². The molecule has 0 aliphatic heterocycles. The molecule has 0 fully saturated rings. The van der Waals surface area contributed by atoms with Crippen molar-refractivity contribution in [3.05, 3.63) is 58.9 Å². The molecule has 8 heteroatoms. The van der Waals surface area contributed by atoms with Gasteiger partial charge in [-0.2, -0.15) is 8.78 Å². The van der Waals surface area contributed by atoms with Gasteiger partial charge in [-0.3, -0.25) is 0 Å². The summed E-state index contributed by atoms with van der Waals surface area (Å²) in [6.07, 6.45) is 0. The van der Waals surface area contributed by atoms with E-state index >= 15 is 0 Å². The minimum atomic E-state index is -2.29. The molecule has 0 aliphatic carbocycles. The Morgan fingerprint density at radius 3 is 1.67 bits per heavy atom. The molecular weight excluding hydrogens is 299 g/mol. The first-order valence-electron chi connectivity index (χ1n) is 5.35. The molecule has 0 saturated heterocycles. The summed E-state index contributed by atoms with van der Waals surface area (Å²) in [7, 11) is 0. The first-order valence-corrected chi connectivity index (χ1v) is 5.35. The largest absolute Gasteiger partial charge is 0.478 e. The summed E-state index contributed by atoms with van der Waals surface area (Å²) < 4.78 is 70.1. The second kappa shape index (κ2) is 5.39. The minimum Gasteiger partial charge on any atom is -0.478 e. The normalized spacial score (nSPS) is 10.5. The summed E-state index contributed by atoms with van der Waals surface area (Å²) >= 11 is 0. The zero-order valence-electron chi connectivity index (χ0n) is 9.96. The van der Waals surface area contributed by atoms with Crippen molar-refractivity contribution in [2.45, 2.75) is 0 Å². The van der Waals surface area contributed by atoms with E-state index in [1.54, 1.807) is 0 Å². The van der Waals surface area contributed by atoms with Crippen molar-refractivity contribution in [3.63, 3.8) is 0 Å². The van der Waals surface area contributed by atoms with Crippen LogP contribution in [0.5, 0.6) is 11.5 Å². The van der Waals surface area contributed by atoms with Gasteiger partial charge in [0.05, 0.1) is 5.56 Å². The summed E-state index contributed by atoms with van der Waals surface area (Å²) in [6.45, 7) is 0. The zero-order valence-corrected chi connectivity index (χ0v) is 9.96. The fraction of sp³-hybridized carbons (Fsp3) is 0. The molecule has 0 bridgehead atoms. The van der Waals surface area contributed by atoms with Crippen molar-refractivity contribution in [2.24, 2.45) is 0 Å². The number of halogens is 5. The Morgan fingerprint density at radius 1 is 0.810 bits per heavy atom. The van der Waals surface area contributed by atoms with Crippen molar-refractivity contribution in [3.8, 4) is 11.5 Å². The van der Waals surface area contributed by atoms with Gasteiger partial charge in [0.25, 0.3) is 0 Å². The van der Waals surface area contributed by atoms with E-state index in [1.165, 1.54) is 0 Å². The monoisotopic (exact) mass is 304 g/mol. The number of carbonyl (C=O) groups is 1. The summed E-state index contributed by atoms with van der Waals surface area (Å²) in [5, 5.41) is 8.66. The molecule has 2 aromatic carbocycles. The van der Waals surface area contributed by atoms with Gasteiger partial charge >= 0.3 is 5.97 Å². The van der Waals surface area contributed by atoms with Crippen molar-refractivity contribution in [1.29, 1.82) is 0 Å². The van der Waals surface area contributed by atoms with Gasteiger partial charge in [-0.15, -0.1) is 0 Å². The van der Waals surface area contributed by atoms with Crippen LogP contribution in [0.4, 0.5) is 22.0 Å². The molecule has 0 unspecified atom stereocenters. The molecule has 0 atom stereocenters. The first-order chi connectivity index (χ1) is 9.82. The Morgan fingerprint density at radius 2 is 1.24 bits per heavy atom. The number of carboxylic acid groups (broad SMARTS) is 1. The second-order valence-corrected chi connectivity index (χ2v) is 3.83. The van der Waals surface area contributed by atoms with E-state index in [-0.39, 0.29) is 11.3 Å². The van der Waals surface area contributed by atoms with Crippen LogP contribution in [0.2, 0.25) is 0 Å². The molecular formula is C13H5F5O3. The van der Waals surface area contributed by atoms with Crippen LogP contribution in [0.1, 0.15) is 10.4 Å². The first kappa shape index (κ1) is 14.8. The highest BCUT2D eigenvalue weighted by Gasteiger charge is 2.27. The standard InChI is InChI=1S/C13H5F5O3/c14-7-8(15)10(17)12(11(18)9(7)16)21-6-3-1-5(2-4-6)13(19)20/h1-4H,(H,19,20). The van der Waals surface area contributed by atoms with Crippen molar-refractivity contribution < 1.29 is 36.6 Å². The van der Waals surface area contributed by atoms with E-state index in [2.05, 4.69) is 4.74 Å². The highest BCUT2D eigenvalue weighted by molar-refractivity contribution is 5.87. The van der Waals surface area contributed by atoms with Crippen molar-refractivity contribution in [2.75, 3.05) is 0 Å². The van der Waals surface area contributed by atoms with Gasteiger partial charge in [0, 0.05) is 0 Å². The van der Waals surface area contributed by atoms with E-state index in [4.69, 9.17) is 5.11 Å². The fourth-order valence-corrected chi connectivity index (χ4v) is 1.46. The Labute approximate surface area is 114 Å². The average Bonchev–Trinajstić information content (AvgIpc) is 2.48. The number of rotatable bonds is 3. The lowest BCUT2D eigenvalue weighted by Crippen LogP contribution is -2.04. The number of hydrogen-bond acceptors (Lipinski definition) is 2. The number of hydrogen-bond donors (Lipinski definition) is 1. The SMILES string of the molecule is O=C(O)c1ccc(Oc2c(F)c(F)c(F)c(F)c2F)cc1. The predicted molar refractivity (Wildman–Crippen MR) is 59.7 cm³/mol. The van der Waals surface area contributed by atoms with Gasteiger partial charge in [-0.1, -0.05) is 0 Å². The van der Waals surface area contributed by atoms with Gasteiger partial charge < -0.3 is 9.84 Å². The molecule has 1 N–H and O–H groups in total. The molecule has 3 nitrogen and oxygen atoms in total. The van der Waals surface area contributed by atoms with Crippen LogP contribution in [-0.2, 0) is 0 Å². The molecule has 2 rings (SSSR count). The van der Waals surface area contributed by atoms with Crippen LogP contribution in [0.3, 0.4) is 0 Å². The van der Waals surface area contributed by atoms with E-state index in [0.29, 0.717) is 0 Å². The average molecular weight is 304 g/mol. The Hall–Kier alpha value is -2.64. The molecule has 0 aromatic heterocycles. The summed E-state index contributed by atoms with van der Waals surface area (Å²) in [5.74, 6) is -13.8. The maximum atomic E-state index is 13.4. The summed E-state index contributed by atoms with van der Waals surface area (Å²) in [5.41, 5.74) is -0.139. The van der Waals surface area contributed by atoms with Crippen molar-refractivity contribution >= 4 is 5.97 Å². The molecule has 21 heavy (non-hydrogen) atoms. The lowest BCUT2D eigenvalue weighted by molar-refractivity contribution is 0.0697. The van der Waals surface area contributed by atoms with Crippen LogP contribution in [-0.4, -0.2) is 11.1 Å². The third kappa shape index (κ3) is 2.64. The maximum absolute atomic E-state index is 13.4. The molecule has 0 heterocycles. The van der Waals surface area contributed by atoms with Crippen LogP contribution >= 0.6 is 0 Å². The number of aromatic carboxylic acids is 1. The smallest absolute Gasteiger partial charge is 0.335 e. The van der Waals surface area contributed by atoms with E-state index in [1.807, 2.05) is 0 Å². The van der Waals surface area contributed by atoms with Crippen LogP contribution in [0.15, 0.2) is 24.3 Å². The Bertz CT molecular complexity index is 684. The predicted octanol–water partition coefficient (Wildman–Crippen LogP) is 3.87. The van der Waals surface area contributed by atoms with Gasteiger partial charge in [0.1, 0.15) is 5.75 Å². The maximum Gasteiger partial charge on any atom is 0.335 e. The van der Waals surface area contributed by atoms with E-state index in [9.17, 15) is 26.7 Å².